The predicted octanol–water partition coefficient (Wildman–Crippen LogP) is 2.31. The van der Waals surface area contributed by atoms with Gasteiger partial charge in [0.05, 0.1) is 0 Å². The van der Waals surface area contributed by atoms with Crippen LogP contribution >= 0.6 is 0 Å². The van der Waals surface area contributed by atoms with Gasteiger partial charge in [0.1, 0.15) is 5.78 Å². The van der Waals surface area contributed by atoms with Crippen LogP contribution in [0.3, 0.4) is 0 Å². The van der Waals surface area contributed by atoms with E-state index in [9.17, 15) is 4.79 Å². The fraction of sp³-hybridized carbons (Fsp3) is 0.364. The highest BCUT2D eigenvalue weighted by Crippen LogP contribution is 2.37. The van der Waals surface area contributed by atoms with E-state index in [-0.39, 0.29) is 0 Å². The van der Waals surface area contributed by atoms with E-state index in [0.29, 0.717) is 11.7 Å². The summed E-state index contributed by atoms with van der Waals surface area (Å²) >= 11 is 0. The van der Waals surface area contributed by atoms with Gasteiger partial charge in [0.25, 0.3) is 0 Å². The summed E-state index contributed by atoms with van der Waals surface area (Å²) in [4.78, 5) is 10.9. The second-order valence-electron chi connectivity index (χ2n) is 3.51. The molecule has 0 radical (unpaired) electrons. The summed E-state index contributed by atoms with van der Waals surface area (Å²) in [5.74, 6) is 0.813. The molecular formula is C11H12O. The summed E-state index contributed by atoms with van der Waals surface area (Å²) in [7, 11) is 0. The molecule has 2 rings (SSSR count). The van der Waals surface area contributed by atoms with E-state index >= 15 is 0 Å². The maximum atomic E-state index is 10.9. The molecular weight excluding hydrogens is 148 g/mol. The van der Waals surface area contributed by atoms with Crippen LogP contribution in [0.5, 0.6) is 0 Å². The Morgan fingerprint density at radius 1 is 1.50 bits per heavy atom. The van der Waals surface area contributed by atoms with Crippen LogP contribution in [0.25, 0.3) is 0 Å². The second kappa shape index (κ2) is 2.74. The Labute approximate surface area is 72.4 Å². The lowest BCUT2D eigenvalue weighted by Crippen LogP contribution is -2.18. The number of fused-ring (bicyclic) bond motifs is 1. The van der Waals surface area contributed by atoms with Crippen molar-refractivity contribution in [3.8, 4) is 0 Å². The number of hydrogen-bond donors (Lipinski definition) is 0. The molecule has 1 heteroatoms. The monoisotopic (exact) mass is 160 g/mol. The molecule has 0 saturated carbocycles. The third-order valence-corrected chi connectivity index (χ3v) is 2.50. The summed E-state index contributed by atoms with van der Waals surface area (Å²) in [5.41, 5.74) is 2.80. The van der Waals surface area contributed by atoms with Crippen molar-refractivity contribution in [2.24, 2.45) is 0 Å². The smallest absolute Gasteiger partial charge is 0.130 e. The normalized spacial score (nSPS) is 19.6. The third kappa shape index (κ3) is 1.15. The number of ketones is 1. The Bertz CT molecular complexity index is 315. The maximum Gasteiger partial charge on any atom is 0.130 e. The quantitative estimate of drug-likeness (QED) is 0.648. The SMILES string of the molecule is CC(=O)CC1Cc2ccccc21. The molecule has 0 aromatic heterocycles. The third-order valence-electron chi connectivity index (χ3n) is 2.50. The molecule has 1 atom stereocenters. The number of benzene rings is 1. The van der Waals surface area contributed by atoms with E-state index in [1.54, 1.807) is 6.92 Å². The van der Waals surface area contributed by atoms with Gasteiger partial charge in [0.2, 0.25) is 0 Å². The zero-order valence-electron chi connectivity index (χ0n) is 7.21. The summed E-state index contributed by atoms with van der Waals surface area (Å²) in [6, 6.07) is 8.38. The highest BCUT2D eigenvalue weighted by atomic mass is 16.1. The number of hydrogen-bond acceptors (Lipinski definition) is 1. The summed E-state index contributed by atoms with van der Waals surface area (Å²) < 4.78 is 0. The summed E-state index contributed by atoms with van der Waals surface area (Å²) in [5, 5.41) is 0. The fourth-order valence-corrected chi connectivity index (χ4v) is 1.89. The Morgan fingerprint density at radius 3 is 2.92 bits per heavy atom. The zero-order valence-corrected chi connectivity index (χ0v) is 7.21. The summed E-state index contributed by atoms with van der Waals surface area (Å²) in [6.45, 7) is 1.67. The van der Waals surface area contributed by atoms with Crippen molar-refractivity contribution in [3.63, 3.8) is 0 Å². The first kappa shape index (κ1) is 7.53. The lowest BCUT2D eigenvalue weighted by molar-refractivity contribution is -0.117. The average Bonchev–Trinajstić information content (AvgIpc) is 2.00. The van der Waals surface area contributed by atoms with E-state index in [4.69, 9.17) is 0 Å². The fourth-order valence-electron chi connectivity index (χ4n) is 1.89. The Balaban J connectivity index is 2.15. The van der Waals surface area contributed by atoms with Gasteiger partial charge in [-0.15, -0.1) is 0 Å². The van der Waals surface area contributed by atoms with Crippen LogP contribution in [0.4, 0.5) is 0 Å². The molecule has 0 amide bonds. The molecule has 1 aliphatic rings. The van der Waals surface area contributed by atoms with Gasteiger partial charge in [0.15, 0.2) is 0 Å². The van der Waals surface area contributed by atoms with E-state index in [1.165, 1.54) is 11.1 Å². The van der Waals surface area contributed by atoms with Crippen molar-refractivity contribution in [1.82, 2.24) is 0 Å². The average molecular weight is 160 g/mol. The molecule has 1 aromatic rings. The first-order valence-corrected chi connectivity index (χ1v) is 4.34. The second-order valence-corrected chi connectivity index (χ2v) is 3.51. The van der Waals surface area contributed by atoms with Crippen LogP contribution in [0.2, 0.25) is 0 Å². The zero-order chi connectivity index (χ0) is 8.55. The van der Waals surface area contributed by atoms with Crippen LogP contribution < -0.4 is 0 Å². The van der Waals surface area contributed by atoms with Crippen molar-refractivity contribution >= 4 is 5.78 Å². The van der Waals surface area contributed by atoms with Gasteiger partial charge in [-0.05, 0) is 30.4 Å². The van der Waals surface area contributed by atoms with Crippen LogP contribution in [0.15, 0.2) is 24.3 Å². The molecule has 62 valence electrons. The van der Waals surface area contributed by atoms with Gasteiger partial charge < -0.3 is 4.79 Å². The van der Waals surface area contributed by atoms with Gasteiger partial charge in [-0.2, -0.15) is 0 Å². The Morgan fingerprint density at radius 2 is 2.25 bits per heavy atom. The molecule has 1 aromatic carbocycles. The largest absolute Gasteiger partial charge is 0.300 e. The van der Waals surface area contributed by atoms with Crippen molar-refractivity contribution in [2.45, 2.75) is 25.7 Å². The molecule has 0 spiro atoms. The van der Waals surface area contributed by atoms with Crippen LogP contribution in [-0.2, 0) is 11.2 Å². The minimum atomic E-state index is 0.300. The van der Waals surface area contributed by atoms with E-state index in [1.807, 2.05) is 6.07 Å². The van der Waals surface area contributed by atoms with Crippen LogP contribution in [-0.4, -0.2) is 5.78 Å². The molecule has 0 heterocycles. The van der Waals surface area contributed by atoms with Gasteiger partial charge in [-0.3, -0.25) is 0 Å². The highest BCUT2D eigenvalue weighted by molar-refractivity contribution is 5.77. The minimum absolute atomic E-state index is 0.300. The first-order chi connectivity index (χ1) is 5.77. The van der Waals surface area contributed by atoms with E-state index < -0.39 is 0 Å². The topological polar surface area (TPSA) is 17.1 Å². The van der Waals surface area contributed by atoms with Gasteiger partial charge in [-0.25, -0.2) is 0 Å². The lowest BCUT2D eigenvalue weighted by atomic mass is 9.75. The first-order valence-electron chi connectivity index (χ1n) is 4.34. The van der Waals surface area contributed by atoms with Crippen molar-refractivity contribution in [2.75, 3.05) is 0 Å². The lowest BCUT2D eigenvalue weighted by Gasteiger charge is -2.29. The predicted molar refractivity (Wildman–Crippen MR) is 48.2 cm³/mol. The van der Waals surface area contributed by atoms with Gasteiger partial charge >= 0.3 is 0 Å². The number of rotatable bonds is 2. The molecule has 0 aliphatic heterocycles. The molecule has 0 saturated heterocycles. The van der Waals surface area contributed by atoms with E-state index in [0.717, 1.165) is 12.8 Å². The Kier molecular flexibility index (Phi) is 1.72. The molecule has 1 unspecified atom stereocenters. The molecule has 0 N–H and O–H groups in total. The van der Waals surface area contributed by atoms with Crippen molar-refractivity contribution < 1.29 is 4.79 Å². The Hall–Kier alpha value is -1.11. The van der Waals surface area contributed by atoms with Crippen molar-refractivity contribution in [1.29, 1.82) is 0 Å². The number of Topliss-reactive ketones (excluding diaryl/α,β-unsaturated/α-hetero) is 1. The standard InChI is InChI=1S/C11H12O/c1-8(12)6-10-7-9-4-2-3-5-11(9)10/h2-5,10H,6-7H2,1H3. The number of carbonyl (C=O) groups excluding carboxylic acids is 1. The molecule has 12 heavy (non-hydrogen) atoms. The van der Waals surface area contributed by atoms with Crippen LogP contribution in [0.1, 0.15) is 30.4 Å². The molecule has 1 nitrogen and oxygen atoms in total. The summed E-state index contributed by atoms with van der Waals surface area (Å²) in [6.07, 6.45) is 1.81. The van der Waals surface area contributed by atoms with E-state index in [2.05, 4.69) is 18.2 Å². The molecule has 0 bridgehead atoms. The van der Waals surface area contributed by atoms with Crippen molar-refractivity contribution in [3.05, 3.63) is 35.4 Å². The highest BCUT2D eigenvalue weighted by Gasteiger charge is 2.25. The number of carbonyl (C=O) groups is 1. The maximum absolute atomic E-state index is 10.9. The minimum Gasteiger partial charge on any atom is -0.300 e. The molecule has 1 aliphatic carbocycles. The van der Waals surface area contributed by atoms with Gasteiger partial charge in [0, 0.05) is 6.42 Å². The van der Waals surface area contributed by atoms with Gasteiger partial charge in [-0.1, -0.05) is 24.3 Å². The van der Waals surface area contributed by atoms with Crippen LogP contribution in [0, 0.1) is 0 Å². The molecule has 0 fully saturated rings.